The summed E-state index contributed by atoms with van der Waals surface area (Å²) < 4.78 is 0. The zero-order valence-electron chi connectivity index (χ0n) is 10.9. The number of para-hydroxylation sites is 1. The van der Waals surface area contributed by atoms with Crippen molar-refractivity contribution in [1.29, 1.82) is 0 Å². The monoisotopic (exact) mass is 251 g/mol. The summed E-state index contributed by atoms with van der Waals surface area (Å²) in [4.78, 5) is 0. The topological polar surface area (TPSA) is 32.3 Å². The maximum Gasteiger partial charge on any atom is 0.120 e. The van der Waals surface area contributed by atoms with Crippen LogP contribution in [0.1, 0.15) is 30.5 Å². The Morgan fingerprint density at radius 1 is 1.21 bits per heavy atom. The van der Waals surface area contributed by atoms with Crippen LogP contribution in [0.2, 0.25) is 0 Å². The van der Waals surface area contributed by atoms with E-state index >= 15 is 0 Å². The molecule has 0 spiro atoms. The second kappa shape index (κ2) is 5.97. The van der Waals surface area contributed by atoms with Gasteiger partial charge in [0.25, 0.3) is 0 Å². The van der Waals surface area contributed by atoms with Gasteiger partial charge in [0.15, 0.2) is 0 Å². The van der Waals surface area contributed by atoms with Crippen molar-refractivity contribution in [3.8, 4) is 18.1 Å². The van der Waals surface area contributed by atoms with E-state index in [2.05, 4.69) is 18.2 Å². The molecule has 0 bridgehead atoms. The molecule has 96 valence electrons. The molecule has 2 heteroatoms. The third-order valence-corrected chi connectivity index (χ3v) is 3.09. The van der Waals surface area contributed by atoms with Crippen molar-refractivity contribution in [3.05, 3.63) is 59.7 Å². The molecule has 2 aromatic carbocycles. The Balaban J connectivity index is 2.24. The van der Waals surface area contributed by atoms with E-state index < -0.39 is 0 Å². The van der Waals surface area contributed by atoms with E-state index in [9.17, 15) is 5.11 Å². The van der Waals surface area contributed by atoms with Crippen LogP contribution in [0.15, 0.2) is 48.5 Å². The normalized spacial score (nSPS) is 11.6. The molecule has 1 atom stereocenters. The summed E-state index contributed by atoms with van der Waals surface area (Å²) in [7, 11) is 0. The predicted molar refractivity (Wildman–Crippen MR) is 79.1 cm³/mol. The lowest BCUT2D eigenvalue weighted by Crippen LogP contribution is -2.09. The molecule has 0 radical (unpaired) electrons. The molecule has 0 saturated carbocycles. The average Bonchev–Trinajstić information content (AvgIpc) is 2.46. The standard InChI is InChI=1S/C17H17NO/c1-3-13-8-7-9-14(12-13)18-16(4-2)15-10-5-6-11-17(15)19/h1,5-12,16,18-19H,4H2,2H3. The lowest BCUT2D eigenvalue weighted by molar-refractivity contribution is 0.463. The summed E-state index contributed by atoms with van der Waals surface area (Å²) in [6.45, 7) is 2.08. The van der Waals surface area contributed by atoms with E-state index in [0.29, 0.717) is 5.75 Å². The van der Waals surface area contributed by atoms with E-state index in [1.807, 2.05) is 42.5 Å². The molecule has 19 heavy (non-hydrogen) atoms. The van der Waals surface area contributed by atoms with Crippen molar-refractivity contribution in [3.63, 3.8) is 0 Å². The molecule has 0 saturated heterocycles. The Bertz CT molecular complexity index is 598. The van der Waals surface area contributed by atoms with Crippen LogP contribution in [0, 0.1) is 12.3 Å². The van der Waals surface area contributed by atoms with Crippen molar-refractivity contribution in [2.24, 2.45) is 0 Å². The predicted octanol–water partition coefficient (Wildman–Crippen LogP) is 3.94. The fourth-order valence-corrected chi connectivity index (χ4v) is 2.08. The first-order valence-electron chi connectivity index (χ1n) is 6.35. The lowest BCUT2D eigenvalue weighted by atomic mass is 10.0. The van der Waals surface area contributed by atoms with Gasteiger partial charge in [-0.3, -0.25) is 0 Å². The van der Waals surface area contributed by atoms with Gasteiger partial charge in [-0.05, 0) is 30.7 Å². The molecule has 0 aliphatic rings. The summed E-state index contributed by atoms with van der Waals surface area (Å²) in [5, 5.41) is 13.3. The van der Waals surface area contributed by atoms with Crippen molar-refractivity contribution in [1.82, 2.24) is 0 Å². The van der Waals surface area contributed by atoms with Crippen molar-refractivity contribution >= 4 is 5.69 Å². The van der Waals surface area contributed by atoms with Crippen LogP contribution in [0.3, 0.4) is 0 Å². The molecule has 2 rings (SSSR count). The Morgan fingerprint density at radius 2 is 2.00 bits per heavy atom. The van der Waals surface area contributed by atoms with Gasteiger partial charge in [-0.25, -0.2) is 0 Å². The third-order valence-electron chi connectivity index (χ3n) is 3.09. The Morgan fingerprint density at radius 3 is 2.68 bits per heavy atom. The number of benzene rings is 2. The van der Waals surface area contributed by atoms with Gasteiger partial charge in [0, 0.05) is 16.8 Å². The number of phenolic OH excluding ortho intramolecular Hbond substituents is 1. The lowest BCUT2D eigenvalue weighted by Gasteiger charge is -2.20. The largest absolute Gasteiger partial charge is 0.508 e. The van der Waals surface area contributed by atoms with Gasteiger partial charge >= 0.3 is 0 Å². The fourth-order valence-electron chi connectivity index (χ4n) is 2.08. The Kier molecular flexibility index (Phi) is 4.10. The minimum atomic E-state index is 0.0641. The van der Waals surface area contributed by atoms with Gasteiger partial charge in [0.1, 0.15) is 5.75 Å². The number of nitrogens with one attached hydrogen (secondary N) is 1. The summed E-state index contributed by atoms with van der Waals surface area (Å²) in [6, 6.07) is 15.2. The van der Waals surface area contributed by atoms with E-state index in [4.69, 9.17) is 6.42 Å². The summed E-state index contributed by atoms with van der Waals surface area (Å²) in [5.74, 6) is 2.94. The molecule has 0 fully saturated rings. The van der Waals surface area contributed by atoms with Crippen LogP contribution in [0.5, 0.6) is 5.75 Å². The molecule has 1 unspecified atom stereocenters. The molecule has 0 aromatic heterocycles. The van der Waals surface area contributed by atoms with Crippen molar-refractivity contribution < 1.29 is 5.11 Å². The number of hydrogen-bond donors (Lipinski definition) is 2. The average molecular weight is 251 g/mol. The number of phenols is 1. The Labute approximate surface area is 114 Å². The van der Waals surface area contributed by atoms with Crippen LogP contribution >= 0.6 is 0 Å². The fraction of sp³-hybridized carbons (Fsp3) is 0.176. The van der Waals surface area contributed by atoms with E-state index in [0.717, 1.165) is 23.2 Å². The molecular formula is C17H17NO. The Hall–Kier alpha value is -2.40. The molecule has 2 aromatic rings. The molecule has 2 nitrogen and oxygen atoms in total. The third kappa shape index (κ3) is 3.08. The smallest absolute Gasteiger partial charge is 0.120 e. The minimum absolute atomic E-state index is 0.0641. The van der Waals surface area contributed by atoms with E-state index in [1.54, 1.807) is 6.07 Å². The highest BCUT2D eigenvalue weighted by atomic mass is 16.3. The number of aromatic hydroxyl groups is 1. The van der Waals surface area contributed by atoms with Crippen LogP contribution in [0.4, 0.5) is 5.69 Å². The second-order valence-corrected chi connectivity index (χ2v) is 4.39. The molecule has 0 amide bonds. The van der Waals surface area contributed by atoms with Gasteiger partial charge in [0.2, 0.25) is 0 Å². The maximum atomic E-state index is 9.92. The quantitative estimate of drug-likeness (QED) is 0.807. The minimum Gasteiger partial charge on any atom is -0.508 e. The summed E-state index contributed by atoms with van der Waals surface area (Å²) in [6.07, 6.45) is 6.27. The van der Waals surface area contributed by atoms with Crippen LogP contribution in [0.25, 0.3) is 0 Å². The highest BCUT2D eigenvalue weighted by molar-refractivity contribution is 5.52. The molecule has 0 heterocycles. The number of rotatable bonds is 4. The van der Waals surface area contributed by atoms with Crippen LogP contribution in [-0.4, -0.2) is 5.11 Å². The number of hydrogen-bond acceptors (Lipinski definition) is 2. The first-order valence-corrected chi connectivity index (χ1v) is 6.35. The zero-order valence-corrected chi connectivity index (χ0v) is 10.9. The SMILES string of the molecule is C#Cc1cccc(NC(CC)c2ccccc2O)c1. The molecular weight excluding hydrogens is 234 g/mol. The van der Waals surface area contributed by atoms with E-state index in [-0.39, 0.29) is 6.04 Å². The van der Waals surface area contributed by atoms with Gasteiger partial charge in [-0.2, -0.15) is 0 Å². The van der Waals surface area contributed by atoms with Gasteiger partial charge in [-0.15, -0.1) is 6.42 Å². The number of anilines is 1. The maximum absolute atomic E-state index is 9.92. The first kappa shape index (κ1) is 13.0. The number of terminal acetylenes is 1. The van der Waals surface area contributed by atoms with Crippen molar-refractivity contribution in [2.75, 3.05) is 5.32 Å². The van der Waals surface area contributed by atoms with Crippen LogP contribution in [-0.2, 0) is 0 Å². The summed E-state index contributed by atoms with van der Waals surface area (Å²) >= 11 is 0. The molecule has 0 aliphatic heterocycles. The van der Waals surface area contributed by atoms with Gasteiger partial charge < -0.3 is 10.4 Å². The highest BCUT2D eigenvalue weighted by Gasteiger charge is 2.12. The zero-order chi connectivity index (χ0) is 13.7. The van der Waals surface area contributed by atoms with E-state index in [1.165, 1.54) is 0 Å². The first-order chi connectivity index (χ1) is 9.24. The summed E-state index contributed by atoms with van der Waals surface area (Å²) in [5.41, 5.74) is 2.71. The van der Waals surface area contributed by atoms with Gasteiger partial charge in [0.05, 0.1) is 6.04 Å². The van der Waals surface area contributed by atoms with Crippen molar-refractivity contribution in [2.45, 2.75) is 19.4 Å². The van der Waals surface area contributed by atoms with Gasteiger partial charge in [-0.1, -0.05) is 37.1 Å². The highest BCUT2D eigenvalue weighted by Crippen LogP contribution is 2.29. The molecule has 2 N–H and O–H groups in total. The van der Waals surface area contributed by atoms with Crippen LogP contribution < -0.4 is 5.32 Å². The second-order valence-electron chi connectivity index (χ2n) is 4.39. The molecule has 0 aliphatic carbocycles.